The summed E-state index contributed by atoms with van der Waals surface area (Å²) in [5.74, 6) is -0.531. The number of amides is 3. The molecule has 1 aliphatic rings. The third-order valence-electron chi connectivity index (χ3n) is 4.19. The van der Waals surface area contributed by atoms with Gasteiger partial charge in [-0.3, -0.25) is 14.4 Å². The van der Waals surface area contributed by atoms with Crippen molar-refractivity contribution in [3.8, 4) is 0 Å². The number of anilines is 2. The van der Waals surface area contributed by atoms with Gasteiger partial charge < -0.3 is 15.5 Å². The molecule has 0 spiro atoms. The predicted molar refractivity (Wildman–Crippen MR) is 105 cm³/mol. The molecule has 27 heavy (non-hydrogen) atoms. The predicted octanol–water partition coefficient (Wildman–Crippen LogP) is 2.58. The van der Waals surface area contributed by atoms with E-state index >= 15 is 0 Å². The van der Waals surface area contributed by atoms with Crippen molar-refractivity contribution in [2.75, 3.05) is 23.3 Å². The second kappa shape index (κ2) is 8.80. The first kappa shape index (κ1) is 18.4. The molecule has 2 N–H and O–H groups in total. The maximum Gasteiger partial charge on any atom is 0.244 e. The van der Waals surface area contributed by atoms with Crippen LogP contribution in [0.25, 0.3) is 6.08 Å². The first-order valence-electron chi connectivity index (χ1n) is 8.83. The Morgan fingerprint density at radius 1 is 1.04 bits per heavy atom. The summed E-state index contributed by atoms with van der Waals surface area (Å²) < 4.78 is 0. The molecular weight excluding hydrogens is 342 g/mol. The van der Waals surface area contributed by atoms with Gasteiger partial charge in [0.1, 0.15) is 0 Å². The molecule has 0 aliphatic carbocycles. The van der Waals surface area contributed by atoms with Gasteiger partial charge in [0.2, 0.25) is 17.7 Å². The lowest BCUT2D eigenvalue weighted by Gasteiger charge is -2.16. The lowest BCUT2D eigenvalue weighted by atomic mass is 10.2. The van der Waals surface area contributed by atoms with E-state index in [1.807, 2.05) is 30.3 Å². The van der Waals surface area contributed by atoms with Crippen LogP contribution in [0.3, 0.4) is 0 Å². The number of hydrogen-bond donors (Lipinski definition) is 2. The molecule has 138 valence electrons. The number of benzene rings is 2. The molecule has 0 atom stereocenters. The van der Waals surface area contributed by atoms with E-state index < -0.39 is 0 Å². The van der Waals surface area contributed by atoms with Crippen LogP contribution in [0.15, 0.2) is 60.7 Å². The average molecular weight is 363 g/mol. The zero-order valence-corrected chi connectivity index (χ0v) is 14.9. The van der Waals surface area contributed by atoms with Gasteiger partial charge in [-0.2, -0.15) is 0 Å². The minimum absolute atomic E-state index is 0.121. The SMILES string of the molecule is O=C(/C=C/c1ccccc1)NCC(=O)Nc1ccc(N2CCCC2=O)cc1. The third kappa shape index (κ3) is 5.28. The topological polar surface area (TPSA) is 78.5 Å². The van der Waals surface area contributed by atoms with Crippen molar-refractivity contribution in [3.05, 3.63) is 66.2 Å². The van der Waals surface area contributed by atoms with Crippen molar-refractivity contribution in [2.45, 2.75) is 12.8 Å². The normalized spacial score (nSPS) is 13.8. The summed E-state index contributed by atoms with van der Waals surface area (Å²) in [6.45, 7) is 0.609. The quantitative estimate of drug-likeness (QED) is 0.775. The second-order valence-electron chi connectivity index (χ2n) is 6.21. The Bertz CT molecular complexity index is 845. The molecule has 3 rings (SSSR count). The first-order valence-corrected chi connectivity index (χ1v) is 8.83. The van der Waals surface area contributed by atoms with E-state index in [9.17, 15) is 14.4 Å². The number of nitrogens with one attached hydrogen (secondary N) is 2. The summed E-state index contributed by atoms with van der Waals surface area (Å²) in [5, 5.41) is 5.26. The summed E-state index contributed by atoms with van der Waals surface area (Å²) in [6, 6.07) is 16.5. The highest BCUT2D eigenvalue weighted by molar-refractivity contribution is 5.98. The number of nitrogens with zero attached hydrogens (tertiary/aromatic N) is 1. The Labute approximate surface area is 157 Å². The second-order valence-corrected chi connectivity index (χ2v) is 6.21. The molecule has 6 heteroatoms. The van der Waals surface area contributed by atoms with Crippen molar-refractivity contribution in [2.24, 2.45) is 0 Å². The maximum atomic E-state index is 12.0. The smallest absolute Gasteiger partial charge is 0.244 e. The van der Waals surface area contributed by atoms with Crippen molar-refractivity contribution < 1.29 is 14.4 Å². The lowest BCUT2D eigenvalue weighted by molar-refractivity contribution is -0.121. The minimum Gasteiger partial charge on any atom is -0.343 e. The summed E-state index contributed by atoms with van der Waals surface area (Å²) in [6.07, 6.45) is 4.53. The van der Waals surface area contributed by atoms with E-state index in [0.717, 1.165) is 24.2 Å². The van der Waals surface area contributed by atoms with Crippen LogP contribution in [0.5, 0.6) is 0 Å². The fourth-order valence-corrected chi connectivity index (χ4v) is 2.81. The van der Waals surface area contributed by atoms with Gasteiger partial charge in [-0.1, -0.05) is 30.3 Å². The maximum absolute atomic E-state index is 12.0. The van der Waals surface area contributed by atoms with Crippen LogP contribution in [0.2, 0.25) is 0 Å². The largest absolute Gasteiger partial charge is 0.343 e. The highest BCUT2D eigenvalue weighted by atomic mass is 16.2. The molecule has 0 bridgehead atoms. The molecule has 1 saturated heterocycles. The van der Waals surface area contributed by atoms with Crippen LogP contribution in [-0.2, 0) is 14.4 Å². The van der Waals surface area contributed by atoms with E-state index in [2.05, 4.69) is 10.6 Å². The molecule has 0 unspecified atom stereocenters. The van der Waals surface area contributed by atoms with Gasteiger partial charge in [0.25, 0.3) is 0 Å². The van der Waals surface area contributed by atoms with Gasteiger partial charge in [-0.15, -0.1) is 0 Å². The Hall–Kier alpha value is -3.41. The molecule has 0 saturated carbocycles. The fraction of sp³-hybridized carbons (Fsp3) is 0.190. The summed E-state index contributed by atoms with van der Waals surface area (Å²) >= 11 is 0. The Morgan fingerprint density at radius 2 is 1.78 bits per heavy atom. The highest BCUT2D eigenvalue weighted by Gasteiger charge is 2.21. The van der Waals surface area contributed by atoms with Crippen molar-refractivity contribution >= 4 is 35.2 Å². The van der Waals surface area contributed by atoms with Crippen LogP contribution in [0.4, 0.5) is 11.4 Å². The van der Waals surface area contributed by atoms with Crippen LogP contribution in [-0.4, -0.2) is 30.8 Å². The lowest BCUT2D eigenvalue weighted by Crippen LogP contribution is -2.31. The van der Waals surface area contributed by atoms with E-state index in [1.54, 1.807) is 35.2 Å². The Balaban J connectivity index is 1.45. The average Bonchev–Trinajstić information content (AvgIpc) is 3.12. The zero-order chi connectivity index (χ0) is 19.1. The number of rotatable bonds is 6. The summed E-state index contributed by atoms with van der Waals surface area (Å²) in [7, 11) is 0. The molecule has 0 radical (unpaired) electrons. The van der Waals surface area contributed by atoms with Crippen molar-refractivity contribution in [1.82, 2.24) is 5.32 Å². The number of carbonyl (C=O) groups excluding carboxylic acids is 3. The Kier molecular flexibility index (Phi) is 5.99. The van der Waals surface area contributed by atoms with Crippen molar-refractivity contribution in [1.29, 1.82) is 0 Å². The first-order chi connectivity index (χ1) is 13.1. The van der Waals surface area contributed by atoms with Crippen LogP contribution < -0.4 is 15.5 Å². The number of carbonyl (C=O) groups is 3. The van der Waals surface area contributed by atoms with E-state index in [1.165, 1.54) is 6.08 Å². The fourth-order valence-electron chi connectivity index (χ4n) is 2.81. The summed E-state index contributed by atoms with van der Waals surface area (Å²) in [4.78, 5) is 37.2. The van der Waals surface area contributed by atoms with Gasteiger partial charge in [0, 0.05) is 30.4 Å². The molecule has 3 amide bonds. The molecule has 2 aromatic carbocycles. The monoisotopic (exact) mass is 363 g/mol. The minimum atomic E-state index is -0.336. The molecular formula is C21H21N3O3. The zero-order valence-electron chi connectivity index (χ0n) is 14.9. The standard InChI is InChI=1S/C21H21N3O3/c25-19(13-8-16-5-2-1-3-6-16)22-15-20(26)23-17-9-11-18(12-10-17)24-14-4-7-21(24)27/h1-3,5-6,8-13H,4,7,14-15H2,(H,22,25)(H,23,26)/b13-8+. The molecule has 1 heterocycles. The van der Waals surface area contributed by atoms with Crippen molar-refractivity contribution in [3.63, 3.8) is 0 Å². The van der Waals surface area contributed by atoms with E-state index in [4.69, 9.17) is 0 Å². The van der Waals surface area contributed by atoms with Crippen LogP contribution in [0, 0.1) is 0 Å². The molecule has 2 aromatic rings. The molecule has 6 nitrogen and oxygen atoms in total. The molecule has 1 fully saturated rings. The van der Waals surface area contributed by atoms with Crippen LogP contribution >= 0.6 is 0 Å². The van der Waals surface area contributed by atoms with E-state index in [-0.39, 0.29) is 24.3 Å². The van der Waals surface area contributed by atoms with Gasteiger partial charge in [-0.05, 0) is 42.3 Å². The third-order valence-corrected chi connectivity index (χ3v) is 4.19. The van der Waals surface area contributed by atoms with Gasteiger partial charge in [0.15, 0.2) is 0 Å². The summed E-state index contributed by atoms with van der Waals surface area (Å²) in [5.41, 5.74) is 2.35. The molecule has 0 aromatic heterocycles. The Morgan fingerprint density at radius 3 is 2.44 bits per heavy atom. The number of hydrogen-bond acceptors (Lipinski definition) is 3. The van der Waals surface area contributed by atoms with Gasteiger partial charge in [0.05, 0.1) is 6.54 Å². The van der Waals surface area contributed by atoms with Gasteiger partial charge >= 0.3 is 0 Å². The van der Waals surface area contributed by atoms with Gasteiger partial charge in [-0.25, -0.2) is 0 Å². The van der Waals surface area contributed by atoms with E-state index in [0.29, 0.717) is 12.1 Å². The highest BCUT2D eigenvalue weighted by Crippen LogP contribution is 2.22. The van der Waals surface area contributed by atoms with Crippen LogP contribution in [0.1, 0.15) is 18.4 Å². The molecule has 1 aliphatic heterocycles.